The molecular formula is C13H16N6O. The standard InChI is InChI=1S/C13H16N6O/c1-20-12-10-14-9-11(17-12)18-5-7-19(8-6-18)13-15-3-2-4-16-13/h2-4,9-10H,5-8H2,1H3. The van der Waals surface area contributed by atoms with Crippen LogP contribution in [0, 0.1) is 0 Å². The van der Waals surface area contributed by atoms with Gasteiger partial charge in [0.2, 0.25) is 11.8 Å². The predicted octanol–water partition coefficient (Wildman–Crippen LogP) is 0.602. The highest BCUT2D eigenvalue weighted by molar-refractivity contribution is 5.41. The minimum absolute atomic E-state index is 0.538. The second kappa shape index (κ2) is 5.68. The molecule has 3 heterocycles. The van der Waals surface area contributed by atoms with E-state index in [4.69, 9.17) is 4.74 Å². The normalized spacial score (nSPS) is 15.2. The maximum Gasteiger partial charge on any atom is 0.233 e. The van der Waals surface area contributed by atoms with E-state index in [1.807, 2.05) is 6.07 Å². The van der Waals surface area contributed by atoms with E-state index in [1.165, 1.54) is 0 Å². The van der Waals surface area contributed by atoms with Crippen LogP contribution < -0.4 is 14.5 Å². The SMILES string of the molecule is COc1cncc(N2CCN(c3ncccn3)CC2)n1. The predicted molar refractivity (Wildman–Crippen MR) is 75.0 cm³/mol. The Hall–Kier alpha value is -2.44. The number of ether oxygens (including phenoxy) is 1. The molecule has 7 heteroatoms. The van der Waals surface area contributed by atoms with Crippen LogP contribution in [0.5, 0.6) is 5.88 Å². The van der Waals surface area contributed by atoms with E-state index in [2.05, 4.69) is 29.7 Å². The molecule has 104 valence electrons. The van der Waals surface area contributed by atoms with Crippen molar-refractivity contribution in [1.82, 2.24) is 19.9 Å². The van der Waals surface area contributed by atoms with Crippen molar-refractivity contribution in [2.45, 2.75) is 0 Å². The number of anilines is 2. The first-order valence-electron chi connectivity index (χ1n) is 6.50. The van der Waals surface area contributed by atoms with E-state index in [0.717, 1.165) is 37.9 Å². The number of hydrogen-bond acceptors (Lipinski definition) is 7. The molecule has 0 spiro atoms. The van der Waals surface area contributed by atoms with Gasteiger partial charge in [0.15, 0.2) is 5.82 Å². The van der Waals surface area contributed by atoms with Crippen molar-refractivity contribution in [3.8, 4) is 5.88 Å². The van der Waals surface area contributed by atoms with Crippen LogP contribution in [0.2, 0.25) is 0 Å². The first-order valence-corrected chi connectivity index (χ1v) is 6.50. The summed E-state index contributed by atoms with van der Waals surface area (Å²) >= 11 is 0. The van der Waals surface area contributed by atoms with Gasteiger partial charge in [0.1, 0.15) is 0 Å². The summed E-state index contributed by atoms with van der Waals surface area (Å²) in [6, 6.07) is 1.82. The minimum Gasteiger partial charge on any atom is -0.480 e. The zero-order valence-electron chi connectivity index (χ0n) is 11.3. The summed E-state index contributed by atoms with van der Waals surface area (Å²) in [5.41, 5.74) is 0. The van der Waals surface area contributed by atoms with Gasteiger partial charge in [0.05, 0.1) is 19.5 Å². The van der Waals surface area contributed by atoms with Crippen LogP contribution in [0.15, 0.2) is 30.9 Å². The lowest BCUT2D eigenvalue weighted by Crippen LogP contribution is -2.47. The van der Waals surface area contributed by atoms with Gasteiger partial charge in [-0.05, 0) is 6.07 Å². The maximum absolute atomic E-state index is 5.11. The van der Waals surface area contributed by atoms with Gasteiger partial charge in [-0.25, -0.2) is 9.97 Å². The zero-order chi connectivity index (χ0) is 13.8. The second-order valence-corrected chi connectivity index (χ2v) is 4.44. The van der Waals surface area contributed by atoms with Gasteiger partial charge in [0, 0.05) is 38.6 Å². The largest absolute Gasteiger partial charge is 0.480 e. The Morgan fingerprint density at radius 1 is 1.00 bits per heavy atom. The fourth-order valence-electron chi connectivity index (χ4n) is 2.18. The Bertz CT molecular complexity index is 556. The number of hydrogen-bond donors (Lipinski definition) is 0. The summed E-state index contributed by atoms with van der Waals surface area (Å²) in [7, 11) is 1.60. The molecule has 3 rings (SSSR count). The quantitative estimate of drug-likeness (QED) is 0.810. The molecule has 0 aromatic carbocycles. The summed E-state index contributed by atoms with van der Waals surface area (Å²) in [4.78, 5) is 21.5. The molecule has 1 fully saturated rings. The number of rotatable bonds is 3. The second-order valence-electron chi connectivity index (χ2n) is 4.44. The van der Waals surface area contributed by atoms with E-state index >= 15 is 0 Å². The molecule has 0 saturated carbocycles. The molecule has 2 aromatic heterocycles. The van der Waals surface area contributed by atoms with Crippen molar-refractivity contribution in [2.75, 3.05) is 43.1 Å². The summed E-state index contributed by atoms with van der Waals surface area (Å²) in [5, 5.41) is 0. The molecule has 0 bridgehead atoms. The molecule has 0 amide bonds. The molecule has 1 saturated heterocycles. The summed E-state index contributed by atoms with van der Waals surface area (Å²) in [6.45, 7) is 3.45. The fourth-order valence-corrected chi connectivity index (χ4v) is 2.18. The Balaban J connectivity index is 1.66. The van der Waals surface area contributed by atoms with Crippen LogP contribution in [-0.2, 0) is 0 Å². The molecule has 0 radical (unpaired) electrons. The summed E-state index contributed by atoms with van der Waals surface area (Å²) < 4.78 is 5.11. The highest BCUT2D eigenvalue weighted by atomic mass is 16.5. The first kappa shape index (κ1) is 12.6. The smallest absolute Gasteiger partial charge is 0.233 e. The average molecular weight is 272 g/mol. The zero-order valence-corrected chi connectivity index (χ0v) is 11.3. The minimum atomic E-state index is 0.538. The number of nitrogens with zero attached hydrogens (tertiary/aromatic N) is 6. The van der Waals surface area contributed by atoms with E-state index in [1.54, 1.807) is 31.9 Å². The third-order valence-corrected chi connectivity index (χ3v) is 3.25. The van der Waals surface area contributed by atoms with Gasteiger partial charge in [-0.1, -0.05) is 0 Å². The molecule has 7 nitrogen and oxygen atoms in total. The molecule has 1 aliphatic rings. The monoisotopic (exact) mass is 272 g/mol. The van der Waals surface area contributed by atoms with Crippen molar-refractivity contribution in [3.05, 3.63) is 30.9 Å². The van der Waals surface area contributed by atoms with Crippen molar-refractivity contribution < 1.29 is 4.74 Å². The van der Waals surface area contributed by atoms with E-state index in [0.29, 0.717) is 5.88 Å². The lowest BCUT2D eigenvalue weighted by Gasteiger charge is -2.35. The van der Waals surface area contributed by atoms with E-state index in [-0.39, 0.29) is 0 Å². The van der Waals surface area contributed by atoms with Gasteiger partial charge in [-0.3, -0.25) is 4.98 Å². The van der Waals surface area contributed by atoms with Gasteiger partial charge in [0.25, 0.3) is 0 Å². The van der Waals surface area contributed by atoms with Crippen molar-refractivity contribution in [2.24, 2.45) is 0 Å². The number of aromatic nitrogens is 4. The third kappa shape index (κ3) is 2.61. The number of piperazine rings is 1. The van der Waals surface area contributed by atoms with Gasteiger partial charge in [-0.2, -0.15) is 4.98 Å². The fraction of sp³-hybridized carbons (Fsp3) is 0.385. The summed E-state index contributed by atoms with van der Waals surface area (Å²) in [5.74, 6) is 2.16. The lowest BCUT2D eigenvalue weighted by molar-refractivity contribution is 0.395. The molecule has 0 unspecified atom stereocenters. The molecule has 0 atom stereocenters. The third-order valence-electron chi connectivity index (χ3n) is 3.25. The van der Waals surface area contributed by atoms with Crippen molar-refractivity contribution >= 4 is 11.8 Å². The van der Waals surface area contributed by atoms with Crippen LogP contribution >= 0.6 is 0 Å². The van der Waals surface area contributed by atoms with Gasteiger partial charge >= 0.3 is 0 Å². The summed E-state index contributed by atoms with van der Waals surface area (Å²) in [6.07, 6.45) is 6.90. The Morgan fingerprint density at radius 3 is 2.40 bits per heavy atom. The lowest BCUT2D eigenvalue weighted by atomic mass is 10.3. The molecule has 20 heavy (non-hydrogen) atoms. The molecule has 0 aliphatic carbocycles. The molecule has 1 aliphatic heterocycles. The van der Waals surface area contributed by atoms with Crippen LogP contribution in [0.3, 0.4) is 0 Å². The van der Waals surface area contributed by atoms with Crippen LogP contribution in [0.25, 0.3) is 0 Å². The molecular weight excluding hydrogens is 256 g/mol. The highest BCUT2D eigenvalue weighted by Crippen LogP contribution is 2.17. The van der Waals surface area contributed by atoms with E-state index in [9.17, 15) is 0 Å². The molecule has 2 aromatic rings. The van der Waals surface area contributed by atoms with Crippen LogP contribution in [0.4, 0.5) is 11.8 Å². The van der Waals surface area contributed by atoms with Gasteiger partial charge < -0.3 is 14.5 Å². The molecule has 0 N–H and O–H groups in total. The van der Waals surface area contributed by atoms with Crippen molar-refractivity contribution in [1.29, 1.82) is 0 Å². The van der Waals surface area contributed by atoms with Gasteiger partial charge in [-0.15, -0.1) is 0 Å². The Labute approximate surface area is 117 Å². The highest BCUT2D eigenvalue weighted by Gasteiger charge is 2.20. The van der Waals surface area contributed by atoms with E-state index < -0.39 is 0 Å². The number of methoxy groups -OCH3 is 1. The Morgan fingerprint density at radius 2 is 1.70 bits per heavy atom. The van der Waals surface area contributed by atoms with Crippen LogP contribution in [0.1, 0.15) is 0 Å². The topological polar surface area (TPSA) is 67.3 Å². The average Bonchev–Trinajstić information content (AvgIpc) is 2.56. The first-order chi connectivity index (χ1) is 9.86. The Kier molecular flexibility index (Phi) is 3.58. The van der Waals surface area contributed by atoms with Crippen molar-refractivity contribution in [3.63, 3.8) is 0 Å². The maximum atomic E-state index is 5.11. The van der Waals surface area contributed by atoms with Crippen LogP contribution in [-0.4, -0.2) is 53.2 Å².